The van der Waals surface area contributed by atoms with E-state index in [4.69, 9.17) is 10.5 Å². The standard InChI is InChI=1S/C11H14BrNO2S/c1-2-15-11(14)10(13)7-16-9-5-3-4-8(12)6-9/h3-6,10H,2,7,13H2,1H3. The lowest BCUT2D eigenvalue weighted by Gasteiger charge is -2.09. The topological polar surface area (TPSA) is 52.3 Å². The number of carbonyl (C=O) groups is 1. The van der Waals surface area contributed by atoms with E-state index >= 15 is 0 Å². The van der Waals surface area contributed by atoms with Gasteiger partial charge >= 0.3 is 5.97 Å². The SMILES string of the molecule is CCOC(=O)C(N)CSc1cccc(Br)c1. The van der Waals surface area contributed by atoms with Crippen LogP contribution in [0.4, 0.5) is 0 Å². The Balaban J connectivity index is 2.42. The second-order valence-corrected chi connectivity index (χ2v) is 5.14. The van der Waals surface area contributed by atoms with Crippen molar-refractivity contribution < 1.29 is 9.53 Å². The summed E-state index contributed by atoms with van der Waals surface area (Å²) in [5.41, 5.74) is 5.68. The molecule has 0 bridgehead atoms. The van der Waals surface area contributed by atoms with Crippen LogP contribution in [0.3, 0.4) is 0 Å². The molecule has 0 heterocycles. The first-order chi connectivity index (χ1) is 7.63. The van der Waals surface area contributed by atoms with Crippen LogP contribution < -0.4 is 5.73 Å². The molecule has 5 heteroatoms. The number of carbonyl (C=O) groups excluding carboxylic acids is 1. The first kappa shape index (κ1) is 13.5. The second-order valence-electron chi connectivity index (χ2n) is 3.13. The number of hydrogen-bond donors (Lipinski definition) is 1. The number of nitrogens with two attached hydrogens (primary N) is 1. The third-order valence-corrected chi connectivity index (χ3v) is 3.42. The van der Waals surface area contributed by atoms with E-state index in [-0.39, 0.29) is 5.97 Å². The van der Waals surface area contributed by atoms with E-state index < -0.39 is 6.04 Å². The van der Waals surface area contributed by atoms with Gasteiger partial charge in [-0.2, -0.15) is 0 Å². The first-order valence-corrected chi connectivity index (χ1v) is 6.72. The molecule has 0 aliphatic heterocycles. The number of ether oxygens (including phenoxy) is 1. The summed E-state index contributed by atoms with van der Waals surface area (Å²) < 4.78 is 5.85. The third kappa shape index (κ3) is 4.55. The molecule has 0 amide bonds. The number of esters is 1. The van der Waals surface area contributed by atoms with Gasteiger partial charge in [-0.15, -0.1) is 11.8 Å². The van der Waals surface area contributed by atoms with Crippen molar-refractivity contribution in [3.8, 4) is 0 Å². The average Bonchev–Trinajstić information content (AvgIpc) is 2.26. The second kappa shape index (κ2) is 6.93. The van der Waals surface area contributed by atoms with E-state index in [2.05, 4.69) is 15.9 Å². The van der Waals surface area contributed by atoms with E-state index in [0.29, 0.717) is 12.4 Å². The molecule has 0 aromatic heterocycles. The quantitative estimate of drug-likeness (QED) is 0.670. The maximum absolute atomic E-state index is 11.3. The Morgan fingerprint density at radius 2 is 2.38 bits per heavy atom. The fraction of sp³-hybridized carbons (Fsp3) is 0.364. The highest BCUT2D eigenvalue weighted by molar-refractivity contribution is 9.10. The van der Waals surface area contributed by atoms with Crippen molar-refractivity contribution >= 4 is 33.7 Å². The van der Waals surface area contributed by atoms with Crippen LogP contribution >= 0.6 is 27.7 Å². The van der Waals surface area contributed by atoms with Crippen LogP contribution in [0.2, 0.25) is 0 Å². The Kier molecular flexibility index (Phi) is 5.87. The monoisotopic (exact) mass is 303 g/mol. The van der Waals surface area contributed by atoms with Gasteiger partial charge < -0.3 is 10.5 Å². The summed E-state index contributed by atoms with van der Waals surface area (Å²) in [5, 5.41) is 0. The van der Waals surface area contributed by atoms with Gasteiger partial charge in [0.2, 0.25) is 0 Å². The van der Waals surface area contributed by atoms with Gasteiger partial charge in [0, 0.05) is 15.1 Å². The first-order valence-electron chi connectivity index (χ1n) is 4.94. The zero-order valence-corrected chi connectivity index (χ0v) is 11.4. The van der Waals surface area contributed by atoms with Crippen molar-refractivity contribution in [3.05, 3.63) is 28.7 Å². The number of benzene rings is 1. The normalized spacial score (nSPS) is 12.2. The molecular formula is C11H14BrNO2S. The Hall–Kier alpha value is -0.520. The maximum atomic E-state index is 11.3. The Bertz CT molecular complexity index is 360. The Labute approximate surface area is 108 Å². The van der Waals surface area contributed by atoms with Gasteiger partial charge in [0.15, 0.2) is 0 Å². The molecule has 1 rings (SSSR count). The summed E-state index contributed by atoms with van der Waals surface area (Å²) in [4.78, 5) is 12.3. The molecule has 16 heavy (non-hydrogen) atoms. The van der Waals surface area contributed by atoms with E-state index in [1.54, 1.807) is 18.7 Å². The fourth-order valence-corrected chi connectivity index (χ4v) is 2.50. The maximum Gasteiger partial charge on any atom is 0.323 e. The van der Waals surface area contributed by atoms with Gasteiger partial charge in [-0.05, 0) is 25.1 Å². The number of halogens is 1. The predicted molar refractivity (Wildman–Crippen MR) is 69.5 cm³/mol. The van der Waals surface area contributed by atoms with E-state index in [1.807, 2.05) is 24.3 Å². The molecule has 0 aliphatic carbocycles. The summed E-state index contributed by atoms with van der Waals surface area (Å²) in [6.45, 7) is 2.14. The highest BCUT2D eigenvalue weighted by Gasteiger charge is 2.14. The molecule has 2 N–H and O–H groups in total. The smallest absolute Gasteiger partial charge is 0.323 e. The molecule has 0 radical (unpaired) electrons. The number of thioether (sulfide) groups is 1. The van der Waals surface area contributed by atoms with Gasteiger partial charge in [0.1, 0.15) is 6.04 Å². The van der Waals surface area contributed by atoms with Crippen molar-refractivity contribution in [1.82, 2.24) is 0 Å². The zero-order valence-electron chi connectivity index (χ0n) is 8.98. The van der Waals surface area contributed by atoms with Crippen LogP contribution in [0, 0.1) is 0 Å². The van der Waals surface area contributed by atoms with Crippen molar-refractivity contribution in [2.24, 2.45) is 5.73 Å². The van der Waals surface area contributed by atoms with Crippen molar-refractivity contribution in [2.45, 2.75) is 17.9 Å². The predicted octanol–water partition coefficient (Wildman–Crippen LogP) is 2.43. The molecule has 0 saturated carbocycles. The molecule has 0 spiro atoms. The summed E-state index contributed by atoms with van der Waals surface area (Å²) in [6, 6.07) is 7.30. The van der Waals surface area contributed by atoms with Crippen LogP contribution in [0.25, 0.3) is 0 Å². The minimum Gasteiger partial charge on any atom is -0.465 e. The van der Waals surface area contributed by atoms with Crippen LogP contribution in [-0.4, -0.2) is 24.4 Å². The lowest BCUT2D eigenvalue weighted by Crippen LogP contribution is -2.34. The summed E-state index contributed by atoms with van der Waals surface area (Å²) in [7, 11) is 0. The third-order valence-electron chi connectivity index (χ3n) is 1.81. The molecule has 1 aromatic carbocycles. The van der Waals surface area contributed by atoms with E-state index in [0.717, 1.165) is 9.37 Å². The molecule has 0 fully saturated rings. The van der Waals surface area contributed by atoms with Gasteiger partial charge in [0.25, 0.3) is 0 Å². The minimum atomic E-state index is -0.566. The largest absolute Gasteiger partial charge is 0.465 e. The lowest BCUT2D eigenvalue weighted by molar-refractivity contribution is -0.144. The van der Waals surface area contributed by atoms with Crippen molar-refractivity contribution in [3.63, 3.8) is 0 Å². The van der Waals surface area contributed by atoms with Gasteiger partial charge in [-0.25, -0.2) is 0 Å². The molecule has 1 atom stereocenters. The van der Waals surface area contributed by atoms with E-state index in [1.165, 1.54) is 0 Å². The molecule has 1 unspecified atom stereocenters. The summed E-state index contributed by atoms with van der Waals surface area (Å²) >= 11 is 4.93. The van der Waals surface area contributed by atoms with Gasteiger partial charge in [-0.3, -0.25) is 4.79 Å². The fourth-order valence-electron chi connectivity index (χ4n) is 1.06. The van der Waals surface area contributed by atoms with Crippen LogP contribution in [-0.2, 0) is 9.53 Å². The highest BCUT2D eigenvalue weighted by Crippen LogP contribution is 2.22. The van der Waals surface area contributed by atoms with Crippen molar-refractivity contribution in [1.29, 1.82) is 0 Å². The van der Waals surface area contributed by atoms with E-state index in [9.17, 15) is 4.79 Å². The number of hydrogen-bond acceptors (Lipinski definition) is 4. The molecule has 0 saturated heterocycles. The summed E-state index contributed by atoms with van der Waals surface area (Å²) in [6.07, 6.45) is 0. The lowest BCUT2D eigenvalue weighted by atomic mass is 10.4. The Morgan fingerprint density at radius 3 is 3.00 bits per heavy atom. The molecule has 88 valence electrons. The van der Waals surface area contributed by atoms with Gasteiger partial charge in [0.05, 0.1) is 6.61 Å². The molecule has 0 aliphatic rings. The molecular weight excluding hydrogens is 290 g/mol. The Morgan fingerprint density at radius 1 is 1.62 bits per heavy atom. The molecule has 3 nitrogen and oxygen atoms in total. The highest BCUT2D eigenvalue weighted by atomic mass is 79.9. The van der Waals surface area contributed by atoms with Crippen molar-refractivity contribution in [2.75, 3.05) is 12.4 Å². The van der Waals surface area contributed by atoms with Crippen LogP contribution in [0.1, 0.15) is 6.92 Å². The number of rotatable bonds is 5. The minimum absolute atomic E-state index is 0.343. The van der Waals surface area contributed by atoms with Gasteiger partial charge in [-0.1, -0.05) is 22.0 Å². The summed E-state index contributed by atoms with van der Waals surface area (Å²) in [5.74, 6) is 0.181. The van der Waals surface area contributed by atoms with Crippen LogP contribution in [0.5, 0.6) is 0 Å². The molecule has 1 aromatic rings. The van der Waals surface area contributed by atoms with Crippen LogP contribution in [0.15, 0.2) is 33.6 Å². The average molecular weight is 304 g/mol. The zero-order chi connectivity index (χ0) is 12.0.